The van der Waals surface area contributed by atoms with Crippen LogP contribution in [0, 0.1) is 5.92 Å². The molecule has 0 radical (unpaired) electrons. The van der Waals surface area contributed by atoms with E-state index in [1.54, 1.807) is 12.1 Å². The highest BCUT2D eigenvalue weighted by molar-refractivity contribution is 5.76. The van der Waals surface area contributed by atoms with E-state index in [-0.39, 0.29) is 17.6 Å². The number of rotatable bonds is 5. The maximum Gasteiger partial charge on any atom is 0.220 e. The van der Waals surface area contributed by atoms with Crippen LogP contribution in [0.3, 0.4) is 0 Å². The summed E-state index contributed by atoms with van der Waals surface area (Å²) in [7, 11) is 0. The fourth-order valence-electron chi connectivity index (χ4n) is 1.61. The highest BCUT2D eigenvalue weighted by atomic mass is 16.3. The van der Waals surface area contributed by atoms with Gasteiger partial charge in [0.2, 0.25) is 5.91 Å². The van der Waals surface area contributed by atoms with Crippen molar-refractivity contribution in [2.75, 3.05) is 0 Å². The lowest BCUT2D eigenvalue weighted by atomic mass is 9.94. The molecule has 0 aliphatic carbocycles. The van der Waals surface area contributed by atoms with Crippen LogP contribution in [0.1, 0.15) is 25.3 Å². The second-order valence-electron chi connectivity index (χ2n) is 3.76. The first-order valence-corrected chi connectivity index (χ1v) is 5.20. The molecule has 0 heterocycles. The number of benzene rings is 1. The average Bonchev–Trinajstić information content (AvgIpc) is 2.20. The second-order valence-corrected chi connectivity index (χ2v) is 3.76. The minimum absolute atomic E-state index is 0.0976. The van der Waals surface area contributed by atoms with Crippen molar-refractivity contribution in [2.45, 2.75) is 26.2 Å². The minimum Gasteiger partial charge on any atom is -0.508 e. The summed E-state index contributed by atoms with van der Waals surface area (Å²) in [6.45, 7) is 2.03. The first kappa shape index (κ1) is 11.6. The molecule has 82 valence electrons. The monoisotopic (exact) mass is 207 g/mol. The van der Waals surface area contributed by atoms with Crippen molar-refractivity contribution < 1.29 is 9.90 Å². The standard InChI is InChI=1S/C12H17NO2/c1-2-3-10(12(13)15)8-9-4-6-11(14)7-5-9/h4-7,10,14H,2-3,8H2,1H3,(H2,13,15). The zero-order chi connectivity index (χ0) is 11.3. The van der Waals surface area contributed by atoms with Crippen molar-refractivity contribution in [3.05, 3.63) is 29.8 Å². The highest BCUT2D eigenvalue weighted by Crippen LogP contribution is 2.16. The number of phenols is 1. The zero-order valence-corrected chi connectivity index (χ0v) is 8.94. The Balaban J connectivity index is 2.65. The fraction of sp³-hybridized carbons (Fsp3) is 0.417. The first-order valence-electron chi connectivity index (χ1n) is 5.20. The van der Waals surface area contributed by atoms with Gasteiger partial charge in [-0.25, -0.2) is 0 Å². The van der Waals surface area contributed by atoms with Crippen LogP contribution >= 0.6 is 0 Å². The number of aromatic hydroxyl groups is 1. The van der Waals surface area contributed by atoms with E-state index in [9.17, 15) is 4.79 Å². The third-order valence-electron chi connectivity index (χ3n) is 2.46. The summed E-state index contributed by atoms with van der Waals surface area (Å²) in [5.74, 6) is -0.102. The number of amides is 1. The SMILES string of the molecule is CCCC(Cc1ccc(O)cc1)C(N)=O. The van der Waals surface area contributed by atoms with Crippen LogP contribution in [0.5, 0.6) is 5.75 Å². The molecule has 0 aromatic heterocycles. The van der Waals surface area contributed by atoms with E-state index in [1.165, 1.54) is 0 Å². The topological polar surface area (TPSA) is 63.3 Å². The van der Waals surface area contributed by atoms with Crippen LogP contribution in [0.25, 0.3) is 0 Å². The molecule has 1 atom stereocenters. The number of hydrogen-bond acceptors (Lipinski definition) is 2. The van der Waals surface area contributed by atoms with Gasteiger partial charge in [0.05, 0.1) is 0 Å². The van der Waals surface area contributed by atoms with Crippen molar-refractivity contribution in [3.8, 4) is 5.75 Å². The number of primary amides is 1. The van der Waals surface area contributed by atoms with Gasteiger partial charge in [-0.05, 0) is 30.5 Å². The molecule has 0 fully saturated rings. The quantitative estimate of drug-likeness (QED) is 0.773. The smallest absolute Gasteiger partial charge is 0.220 e. The summed E-state index contributed by atoms with van der Waals surface area (Å²) in [6, 6.07) is 6.89. The van der Waals surface area contributed by atoms with E-state index >= 15 is 0 Å². The average molecular weight is 207 g/mol. The van der Waals surface area contributed by atoms with Crippen LogP contribution in [0.4, 0.5) is 0 Å². The Morgan fingerprint density at radius 1 is 1.40 bits per heavy atom. The van der Waals surface area contributed by atoms with Gasteiger partial charge >= 0.3 is 0 Å². The van der Waals surface area contributed by atoms with Gasteiger partial charge in [0.25, 0.3) is 0 Å². The first-order chi connectivity index (χ1) is 7.13. The van der Waals surface area contributed by atoms with Crippen LogP contribution in [-0.4, -0.2) is 11.0 Å². The molecule has 1 unspecified atom stereocenters. The van der Waals surface area contributed by atoms with Crippen LogP contribution in [-0.2, 0) is 11.2 Å². The molecule has 0 saturated heterocycles. The lowest BCUT2D eigenvalue weighted by molar-refractivity contribution is -0.122. The zero-order valence-electron chi connectivity index (χ0n) is 8.94. The molecular formula is C12H17NO2. The minimum atomic E-state index is -0.245. The number of nitrogens with two attached hydrogens (primary N) is 1. The van der Waals surface area contributed by atoms with Gasteiger partial charge in [0, 0.05) is 5.92 Å². The molecule has 0 aliphatic rings. The van der Waals surface area contributed by atoms with E-state index < -0.39 is 0 Å². The molecule has 1 aromatic carbocycles. The summed E-state index contributed by atoms with van der Waals surface area (Å²) < 4.78 is 0. The maximum absolute atomic E-state index is 11.1. The molecule has 3 N–H and O–H groups in total. The molecule has 1 aromatic rings. The molecular weight excluding hydrogens is 190 g/mol. The number of phenolic OH excluding ortho intramolecular Hbond substituents is 1. The summed E-state index contributed by atoms with van der Waals surface area (Å²) in [5, 5.41) is 9.11. The number of carbonyl (C=O) groups excluding carboxylic acids is 1. The van der Waals surface area contributed by atoms with Gasteiger partial charge in [-0.1, -0.05) is 25.5 Å². The Hall–Kier alpha value is -1.51. The highest BCUT2D eigenvalue weighted by Gasteiger charge is 2.14. The summed E-state index contributed by atoms with van der Waals surface area (Å²) in [5.41, 5.74) is 6.34. The van der Waals surface area contributed by atoms with Crippen LogP contribution in [0.15, 0.2) is 24.3 Å². The molecule has 3 nitrogen and oxygen atoms in total. The van der Waals surface area contributed by atoms with E-state index in [0.29, 0.717) is 6.42 Å². The van der Waals surface area contributed by atoms with Crippen molar-refractivity contribution in [1.82, 2.24) is 0 Å². The van der Waals surface area contributed by atoms with Crippen molar-refractivity contribution in [1.29, 1.82) is 0 Å². The summed E-state index contributed by atoms with van der Waals surface area (Å²) in [4.78, 5) is 11.1. The Morgan fingerprint density at radius 2 is 2.00 bits per heavy atom. The largest absolute Gasteiger partial charge is 0.508 e. The maximum atomic E-state index is 11.1. The summed E-state index contributed by atoms with van der Waals surface area (Å²) in [6.07, 6.45) is 2.42. The fourth-order valence-corrected chi connectivity index (χ4v) is 1.61. The Morgan fingerprint density at radius 3 is 2.47 bits per heavy atom. The van der Waals surface area contributed by atoms with Gasteiger partial charge < -0.3 is 10.8 Å². The van der Waals surface area contributed by atoms with E-state index in [0.717, 1.165) is 18.4 Å². The lowest BCUT2D eigenvalue weighted by Gasteiger charge is -2.11. The van der Waals surface area contributed by atoms with E-state index in [4.69, 9.17) is 10.8 Å². The molecule has 1 rings (SSSR count). The Labute approximate surface area is 89.9 Å². The molecule has 0 spiro atoms. The molecule has 0 aliphatic heterocycles. The molecule has 1 amide bonds. The van der Waals surface area contributed by atoms with Gasteiger partial charge in [-0.15, -0.1) is 0 Å². The predicted octanol–water partition coefficient (Wildman–Crippen LogP) is 1.84. The van der Waals surface area contributed by atoms with Gasteiger partial charge in [0.15, 0.2) is 0 Å². The molecule has 0 saturated carbocycles. The van der Waals surface area contributed by atoms with Crippen molar-refractivity contribution >= 4 is 5.91 Å². The lowest BCUT2D eigenvalue weighted by Crippen LogP contribution is -2.24. The van der Waals surface area contributed by atoms with E-state index in [1.807, 2.05) is 19.1 Å². The normalized spacial score (nSPS) is 12.3. The number of carbonyl (C=O) groups is 1. The molecule has 3 heteroatoms. The van der Waals surface area contributed by atoms with Crippen molar-refractivity contribution in [3.63, 3.8) is 0 Å². The molecule has 0 bridgehead atoms. The van der Waals surface area contributed by atoms with Gasteiger partial charge in [0.1, 0.15) is 5.75 Å². The Kier molecular flexibility index (Phi) is 4.16. The van der Waals surface area contributed by atoms with Crippen LogP contribution < -0.4 is 5.73 Å². The Bertz CT molecular complexity index is 319. The summed E-state index contributed by atoms with van der Waals surface area (Å²) >= 11 is 0. The third kappa shape index (κ3) is 3.62. The predicted molar refractivity (Wildman–Crippen MR) is 59.4 cm³/mol. The third-order valence-corrected chi connectivity index (χ3v) is 2.46. The van der Waals surface area contributed by atoms with Gasteiger partial charge in [-0.3, -0.25) is 4.79 Å². The van der Waals surface area contributed by atoms with Crippen LogP contribution in [0.2, 0.25) is 0 Å². The van der Waals surface area contributed by atoms with Crippen molar-refractivity contribution in [2.24, 2.45) is 11.7 Å². The number of hydrogen-bond donors (Lipinski definition) is 2. The molecule has 15 heavy (non-hydrogen) atoms. The van der Waals surface area contributed by atoms with E-state index in [2.05, 4.69) is 0 Å². The second kappa shape index (κ2) is 5.39. The van der Waals surface area contributed by atoms with Gasteiger partial charge in [-0.2, -0.15) is 0 Å².